The lowest BCUT2D eigenvalue weighted by molar-refractivity contribution is -0.128. The zero-order chi connectivity index (χ0) is 26.7. The van der Waals surface area contributed by atoms with Crippen LogP contribution >= 0.6 is 0 Å². The molecule has 0 saturated carbocycles. The van der Waals surface area contributed by atoms with Gasteiger partial charge in [-0.3, -0.25) is 9.59 Å². The van der Waals surface area contributed by atoms with Gasteiger partial charge in [0.05, 0.1) is 19.3 Å². The summed E-state index contributed by atoms with van der Waals surface area (Å²) in [6.45, 7) is 1.16. The van der Waals surface area contributed by atoms with E-state index in [1.807, 2.05) is 30.3 Å². The lowest BCUT2D eigenvalue weighted by Crippen LogP contribution is -2.50. The number of hydrogen-bond acceptors (Lipinski definition) is 6. The first-order chi connectivity index (χ1) is 18.4. The van der Waals surface area contributed by atoms with Crippen LogP contribution in [0.15, 0.2) is 77.7 Å². The SMILES string of the molecule is COc1ccc(C(=O)N2C[C@H](C(=O)NCc3ccccc3)Oc3ccccc32)cc1S(=O)(=O)N1CCCC1. The van der Waals surface area contributed by atoms with Crippen LogP contribution in [0.2, 0.25) is 0 Å². The minimum atomic E-state index is -3.84. The molecule has 3 aromatic rings. The van der Waals surface area contributed by atoms with Crippen LogP contribution in [0.3, 0.4) is 0 Å². The monoisotopic (exact) mass is 535 g/mol. The molecular weight excluding hydrogens is 506 g/mol. The number of carbonyl (C=O) groups excluding carboxylic acids is 2. The van der Waals surface area contributed by atoms with E-state index in [0.717, 1.165) is 18.4 Å². The van der Waals surface area contributed by atoms with Crippen LogP contribution < -0.4 is 19.7 Å². The van der Waals surface area contributed by atoms with E-state index >= 15 is 0 Å². The van der Waals surface area contributed by atoms with Crippen molar-refractivity contribution in [3.63, 3.8) is 0 Å². The maximum absolute atomic E-state index is 13.8. The summed E-state index contributed by atoms with van der Waals surface area (Å²) in [6, 6.07) is 20.9. The van der Waals surface area contributed by atoms with Crippen LogP contribution in [0.1, 0.15) is 28.8 Å². The number of anilines is 1. The normalized spacial score (nSPS) is 17.4. The standard InChI is InChI=1S/C28H29N3O6S/c1-36-24-14-13-21(17-26(24)38(34,35)30-15-7-8-16-30)28(33)31-19-25(37-23-12-6-5-11-22(23)31)27(32)29-18-20-9-3-2-4-10-20/h2-6,9-14,17,25H,7-8,15-16,18-19H2,1H3,(H,29,32)/t25-/m1/s1. The maximum Gasteiger partial charge on any atom is 0.263 e. The molecule has 198 valence electrons. The number of sulfonamides is 1. The van der Waals surface area contributed by atoms with Gasteiger partial charge in [0.1, 0.15) is 16.4 Å². The maximum atomic E-state index is 13.8. The molecule has 0 aliphatic carbocycles. The van der Waals surface area contributed by atoms with Gasteiger partial charge in [-0.2, -0.15) is 4.31 Å². The highest BCUT2D eigenvalue weighted by Gasteiger charge is 2.36. The molecule has 5 rings (SSSR count). The van der Waals surface area contributed by atoms with Gasteiger partial charge in [0.25, 0.3) is 11.8 Å². The fourth-order valence-electron chi connectivity index (χ4n) is 4.70. The van der Waals surface area contributed by atoms with Crippen LogP contribution in [-0.2, 0) is 21.4 Å². The van der Waals surface area contributed by atoms with Crippen molar-refractivity contribution >= 4 is 27.5 Å². The summed E-state index contributed by atoms with van der Waals surface area (Å²) >= 11 is 0. The molecule has 2 aliphatic rings. The Bertz CT molecular complexity index is 1440. The number of fused-ring (bicyclic) bond motifs is 1. The highest BCUT2D eigenvalue weighted by atomic mass is 32.2. The second-order valence-corrected chi connectivity index (χ2v) is 11.1. The zero-order valence-electron chi connectivity index (χ0n) is 21.0. The van der Waals surface area contributed by atoms with Gasteiger partial charge in [-0.1, -0.05) is 42.5 Å². The Morgan fingerprint density at radius 3 is 2.45 bits per heavy atom. The van der Waals surface area contributed by atoms with Gasteiger partial charge >= 0.3 is 0 Å². The molecule has 1 saturated heterocycles. The molecular formula is C28H29N3O6S. The second kappa shape index (κ2) is 10.8. The number of rotatable bonds is 7. The number of carbonyl (C=O) groups is 2. The average Bonchev–Trinajstić information content (AvgIpc) is 3.51. The molecule has 1 fully saturated rings. The molecule has 0 radical (unpaired) electrons. The van der Waals surface area contributed by atoms with Gasteiger partial charge in [-0.25, -0.2) is 8.42 Å². The van der Waals surface area contributed by atoms with Gasteiger partial charge < -0.3 is 19.7 Å². The van der Waals surface area contributed by atoms with E-state index in [9.17, 15) is 18.0 Å². The lowest BCUT2D eigenvalue weighted by Gasteiger charge is -2.34. The predicted molar refractivity (Wildman–Crippen MR) is 142 cm³/mol. The minimum Gasteiger partial charge on any atom is -0.495 e. The summed E-state index contributed by atoms with van der Waals surface area (Å²) in [7, 11) is -2.44. The van der Waals surface area contributed by atoms with E-state index in [4.69, 9.17) is 9.47 Å². The number of nitrogens with zero attached hydrogens (tertiary/aromatic N) is 2. The van der Waals surface area contributed by atoms with Gasteiger partial charge in [-0.15, -0.1) is 0 Å². The summed E-state index contributed by atoms with van der Waals surface area (Å²) in [5.41, 5.74) is 1.61. The number of ether oxygens (including phenoxy) is 2. The van der Waals surface area contributed by atoms with E-state index in [1.54, 1.807) is 24.3 Å². The number of nitrogens with one attached hydrogen (secondary N) is 1. The molecule has 0 spiro atoms. The third-order valence-electron chi connectivity index (χ3n) is 6.71. The largest absolute Gasteiger partial charge is 0.495 e. The Morgan fingerprint density at radius 1 is 1.00 bits per heavy atom. The van der Waals surface area contributed by atoms with Crippen molar-refractivity contribution in [2.24, 2.45) is 0 Å². The predicted octanol–water partition coefficient (Wildman–Crippen LogP) is 3.20. The summed E-state index contributed by atoms with van der Waals surface area (Å²) in [4.78, 5) is 28.2. The van der Waals surface area contributed by atoms with E-state index in [1.165, 1.54) is 34.5 Å². The highest BCUT2D eigenvalue weighted by molar-refractivity contribution is 7.89. The third kappa shape index (κ3) is 5.09. The van der Waals surface area contributed by atoms with Gasteiger partial charge in [0.15, 0.2) is 6.10 Å². The Labute approximate surface area is 222 Å². The van der Waals surface area contributed by atoms with Crippen molar-refractivity contribution in [3.8, 4) is 11.5 Å². The summed E-state index contributed by atoms with van der Waals surface area (Å²) in [6.07, 6.45) is 0.639. The van der Waals surface area contributed by atoms with E-state index in [2.05, 4.69) is 5.32 Å². The van der Waals surface area contributed by atoms with Crippen molar-refractivity contribution in [1.29, 1.82) is 0 Å². The molecule has 10 heteroatoms. The molecule has 1 atom stereocenters. The third-order valence-corrected chi connectivity index (χ3v) is 8.63. The molecule has 38 heavy (non-hydrogen) atoms. The molecule has 2 amide bonds. The molecule has 9 nitrogen and oxygen atoms in total. The van der Waals surface area contributed by atoms with Crippen molar-refractivity contribution in [3.05, 3.63) is 83.9 Å². The average molecular weight is 536 g/mol. The molecule has 0 bridgehead atoms. The van der Waals surface area contributed by atoms with Crippen molar-refractivity contribution in [1.82, 2.24) is 9.62 Å². The van der Waals surface area contributed by atoms with Gasteiger partial charge in [0.2, 0.25) is 10.0 Å². The molecule has 1 N–H and O–H groups in total. The Hall–Kier alpha value is -3.89. The van der Waals surface area contributed by atoms with Crippen LogP contribution in [-0.4, -0.2) is 57.4 Å². The van der Waals surface area contributed by atoms with Gasteiger partial charge in [0, 0.05) is 25.2 Å². The highest BCUT2D eigenvalue weighted by Crippen LogP contribution is 2.35. The second-order valence-electron chi connectivity index (χ2n) is 9.17. The quantitative estimate of drug-likeness (QED) is 0.498. The fourth-order valence-corrected chi connectivity index (χ4v) is 6.40. The molecule has 0 aromatic heterocycles. The Balaban J connectivity index is 1.43. The first kappa shape index (κ1) is 25.7. The van der Waals surface area contributed by atoms with Crippen LogP contribution in [0, 0.1) is 0 Å². The van der Waals surface area contributed by atoms with Crippen molar-refractivity contribution in [2.75, 3.05) is 31.6 Å². The Morgan fingerprint density at radius 2 is 1.71 bits per heavy atom. The molecule has 0 unspecified atom stereocenters. The Kier molecular flexibility index (Phi) is 7.35. The first-order valence-electron chi connectivity index (χ1n) is 12.5. The fraction of sp³-hybridized carbons (Fsp3) is 0.286. The van der Waals surface area contributed by atoms with Crippen molar-refractivity contribution in [2.45, 2.75) is 30.4 Å². The first-order valence-corrected chi connectivity index (χ1v) is 13.9. The van der Waals surface area contributed by atoms with Crippen LogP contribution in [0.25, 0.3) is 0 Å². The van der Waals surface area contributed by atoms with E-state index in [-0.39, 0.29) is 28.7 Å². The van der Waals surface area contributed by atoms with Crippen LogP contribution in [0.5, 0.6) is 11.5 Å². The zero-order valence-corrected chi connectivity index (χ0v) is 21.8. The minimum absolute atomic E-state index is 0.0310. The summed E-state index contributed by atoms with van der Waals surface area (Å²) in [5.74, 6) is -0.227. The lowest BCUT2D eigenvalue weighted by atomic mass is 10.1. The molecule has 2 heterocycles. The number of benzene rings is 3. The number of amides is 2. The number of para-hydroxylation sites is 2. The number of hydrogen-bond donors (Lipinski definition) is 1. The summed E-state index contributed by atoms with van der Waals surface area (Å²) < 4.78 is 39.4. The van der Waals surface area contributed by atoms with Crippen molar-refractivity contribution < 1.29 is 27.5 Å². The van der Waals surface area contributed by atoms with Crippen LogP contribution in [0.4, 0.5) is 5.69 Å². The van der Waals surface area contributed by atoms with E-state index < -0.39 is 22.0 Å². The molecule has 3 aromatic carbocycles. The van der Waals surface area contributed by atoms with Gasteiger partial charge in [-0.05, 0) is 48.7 Å². The number of methoxy groups -OCH3 is 1. The topological polar surface area (TPSA) is 105 Å². The summed E-state index contributed by atoms with van der Waals surface area (Å²) in [5, 5.41) is 2.87. The smallest absolute Gasteiger partial charge is 0.263 e. The van der Waals surface area contributed by atoms with E-state index in [0.29, 0.717) is 31.1 Å². The molecule has 2 aliphatic heterocycles.